The van der Waals surface area contributed by atoms with Gasteiger partial charge in [-0.15, -0.1) is 5.54 Å². The molecule has 1 amide bonds. The highest BCUT2D eigenvalue weighted by Crippen LogP contribution is 2.02. The number of amides is 1. The first-order valence-electron chi connectivity index (χ1n) is 7.12. The highest BCUT2D eigenvalue weighted by Gasteiger charge is 2.14. The van der Waals surface area contributed by atoms with E-state index in [1.807, 2.05) is 30.3 Å². The van der Waals surface area contributed by atoms with E-state index in [0.29, 0.717) is 6.42 Å². The molecule has 1 aromatic carbocycles. The van der Waals surface area contributed by atoms with Gasteiger partial charge in [-0.25, -0.2) is 0 Å². The topological polar surface area (TPSA) is 46.2 Å². The molecule has 0 bridgehead atoms. The average molecular weight is 301 g/mol. The summed E-state index contributed by atoms with van der Waals surface area (Å²) in [5.41, 5.74) is 4.17. The maximum absolute atomic E-state index is 12.1. The number of carbonyl (C=O) groups is 2. The van der Waals surface area contributed by atoms with Gasteiger partial charge in [0.2, 0.25) is 5.91 Å². The molecule has 1 aromatic rings. The third kappa shape index (κ3) is 8.11. The molecule has 0 saturated carbocycles. The van der Waals surface area contributed by atoms with Crippen molar-refractivity contribution in [1.82, 2.24) is 5.32 Å². The Balaban J connectivity index is 2.69. The van der Waals surface area contributed by atoms with Gasteiger partial charge < -0.3 is 5.32 Å². The van der Waals surface area contributed by atoms with Crippen molar-refractivity contribution in [3.8, 4) is 11.5 Å². The van der Waals surface area contributed by atoms with Crippen molar-refractivity contribution in [2.24, 2.45) is 0 Å². The van der Waals surface area contributed by atoms with Gasteiger partial charge in [0.15, 0.2) is 0 Å². The highest BCUT2D eigenvalue weighted by atomic mass is 28.3. The molecule has 0 saturated heterocycles. The monoisotopic (exact) mass is 301 g/mol. The van der Waals surface area contributed by atoms with Gasteiger partial charge in [-0.2, -0.15) is 0 Å². The molecule has 3 nitrogen and oxygen atoms in total. The predicted molar refractivity (Wildman–Crippen MR) is 88.5 cm³/mol. The van der Waals surface area contributed by atoms with Crippen LogP contribution in [0.4, 0.5) is 0 Å². The summed E-state index contributed by atoms with van der Waals surface area (Å²) < 4.78 is 0. The number of nitrogens with one attached hydrogen (secondary N) is 1. The van der Waals surface area contributed by atoms with E-state index in [1.54, 1.807) is 0 Å². The van der Waals surface area contributed by atoms with Crippen LogP contribution in [0.25, 0.3) is 0 Å². The summed E-state index contributed by atoms with van der Waals surface area (Å²) in [6, 6.07) is 9.16. The maximum atomic E-state index is 12.1. The van der Waals surface area contributed by atoms with Gasteiger partial charge in [-0.1, -0.05) is 55.9 Å². The van der Waals surface area contributed by atoms with Gasteiger partial charge >= 0.3 is 0 Å². The molecule has 4 heteroatoms. The van der Waals surface area contributed by atoms with Gasteiger partial charge in [-0.05, 0) is 12.5 Å². The van der Waals surface area contributed by atoms with Crippen LogP contribution < -0.4 is 5.32 Å². The van der Waals surface area contributed by atoms with Gasteiger partial charge in [0.05, 0.1) is 12.5 Å². The molecule has 0 aliphatic heterocycles. The quantitative estimate of drug-likeness (QED) is 0.671. The normalized spacial score (nSPS) is 12.0. The summed E-state index contributed by atoms with van der Waals surface area (Å²) in [6.07, 6.45) is 0.571. The van der Waals surface area contributed by atoms with Crippen molar-refractivity contribution in [3.63, 3.8) is 0 Å². The Labute approximate surface area is 128 Å². The Morgan fingerprint density at radius 2 is 1.81 bits per heavy atom. The summed E-state index contributed by atoms with van der Waals surface area (Å²) in [4.78, 5) is 23.4. The van der Waals surface area contributed by atoms with E-state index in [0.717, 1.165) is 5.56 Å². The zero-order valence-corrected chi connectivity index (χ0v) is 14.2. The van der Waals surface area contributed by atoms with Crippen LogP contribution in [0.5, 0.6) is 0 Å². The molecule has 0 radical (unpaired) electrons. The van der Waals surface area contributed by atoms with Crippen LogP contribution in [0.1, 0.15) is 18.9 Å². The number of carbonyl (C=O) groups excluding carboxylic acids is 2. The van der Waals surface area contributed by atoms with Gasteiger partial charge in [-0.3, -0.25) is 9.59 Å². The molecule has 1 N–H and O–H groups in total. The zero-order chi connectivity index (χ0) is 15.9. The minimum Gasteiger partial charge on any atom is -0.342 e. The lowest BCUT2D eigenvalue weighted by Crippen LogP contribution is -2.36. The molecule has 1 unspecified atom stereocenters. The fourth-order valence-corrected chi connectivity index (χ4v) is 2.36. The van der Waals surface area contributed by atoms with E-state index in [9.17, 15) is 9.59 Å². The summed E-state index contributed by atoms with van der Waals surface area (Å²) >= 11 is 0. The third-order valence-electron chi connectivity index (χ3n) is 2.66. The van der Waals surface area contributed by atoms with E-state index in [4.69, 9.17) is 0 Å². The fourth-order valence-electron chi connectivity index (χ4n) is 1.76. The number of ketones is 1. The molecule has 0 spiro atoms. The van der Waals surface area contributed by atoms with Gasteiger partial charge in [0.25, 0.3) is 0 Å². The van der Waals surface area contributed by atoms with Gasteiger partial charge in [0, 0.05) is 6.42 Å². The first-order chi connectivity index (χ1) is 9.76. The van der Waals surface area contributed by atoms with Crippen LogP contribution in [0, 0.1) is 11.5 Å². The largest absolute Gasteiger partial charge is 0.342 e. The van der Waals surface area contributed by atoms with Crippen molar-refractivity contribution in [1.29, 1.82) is 0 Å². The second-order valence-electron chi connectivity index (χ2n) is 6.21. The molecular weight excluding hydrogens is 278 g/mol. The molecule has 0 aromatic heterocycles. The molecule has 1 rings (SSSR count). The van der Waals surface area contributed by atoms with E-state index in [2.05, 4.69) is 36.4 Å². The predicted octanol–water partition coefficient (Wildman–Crippen LogP) is 2.57. The smallest absolute Gasteiger partial charge is 0.225 e. The summed E-state index contributed by atoms with van der Waals surface area (Å²) in [5, 5.41) is 2.86. The number of hydrogen-bond donors (Lipinski definition) is 1. The van der Waals surface area contributed by atoms with Crippen LogP contribution in [-0.2, 0) is 16.0 Å². The molecule has 0 fully saturated rings. The van der Waals surface area contributed by atoms with E-state index < -0.39 is 8.07 Å². The van der Waals surface area contributed by atoms with Crippen molar-refractivity contribution in [3.05, 3.63) is 35.9 Å². The van der Waals surface area contributed by atoms with Crippen LogP contribution in [0.2, 0.25) is 19.6 Å². The van der Waals surface area contributed by atoms with Crippen molar-refractivity contribution in [2.45, 2.75) is 45.4 Å². The van der Waals surface area contributed by atoms with Crippen molar-refractivity contribution < 1.29 is 9.59 Å². The lowest BCUT2D eigenvalue weighted by Gasteiger charge is -2.13. The summed E-state index contributed by atoms with van der Waals surface area (Å²) in [5.74, 6) is 3.00. The maximum Gasteiger partial charge on any atom is 0.225 e. The number of Topliss-reactive ketones (excluding diaryl/α,β-unsaturated/α-hetero) is 1. The molecule has 1 atom stereocenters. The van der Waals surface area contributed by atoms with Crippen LogP contribution in [0.3, 0.4) is 0 Å². The Bertz CT molecular complexity index is 550. The summed E-state index contributed by atoms with van der Waals surface area (Å²) in [6.45, 7) is 7.93. The van der Waals surface area contributed by atoms with E-state index >= 15 is 0 Å². The second kappa shape index (κ2) is 7.80. The average Bonchev–Trinajstić information content (AvgIpc) is 2.35. The molecule has 112 valence electrons. The van der Waals surface area contributed by atoms with E-state index in [-0.39, 0.29) is 24.2 Å². The van der Waals surface area contributed by atoms with Crippen LogP contribution in [0.15, 0.2) is 30.3 Å². The van der Waals surface area contributed by atoms with Crippen molar-refractivity contribution in [2.75, 3.05) is 0 Å². The zero-order valence-electron chi connectivity index (χ0n) is 13.2. The molecular formula is C17H23NO2Si. The minimum absolute atomic E-state index is 0.0323. The lowest BCUT2D eigenvalue weighted by atomic mass is 10.1. The summed E-state index contributed by atoms with van der Waals surface area (Å²) in [7, 11) is -1.52. The van der Waals surface area contributed by atoms with Crippen LogP contribution >= 0.6 is 0 Å². The Morgan fingerprint density at radius 1 is 1.19 bits per heavy atom. The molecule has 0 heterocycles. The Morgan fingerprint density at radius 3 is 2.33 bits per heavy atom. The SMILES string of the molecule is CC(=O)CC(C#C[Si](C)(C)C)NC(=O)Cc1ccccc1. The first-order valence-corrected chi connectivity index (χ1v) is 10.6. The lowest BCUT2D eigenvalue weighted by molar-refractivity contribution is -0.121. The third-order valence-corrected chi connectivity index (χ3v) is 3.55. The number of hydrogen-bond acceptors (Lipinski definition) is 2. The van der Waals surface area contributed by atoms with E-state index in [1.165, 1.54) is 6.92 Å². The first kappa shape index (κ1) is 17.2. The number of rotatable bonds is 5. The highest BCUT2D eigenvalue weighted by molar-refractivity contribution is 6.83. The van der Waals surface area contributed by atoms with Crippen molar-refractivity contribution >= 4 is 19.8 Å². The standard InChI is InChI=1S/C17H23NO2Si/c1-14(19)12-16(10-11-21(2,3)4)18-17(20)13-15-8-6-5-7-9-15/h5-9,16H,12-13H2,1-4H3,(H,18,20). The Hall–Kier alpha value is -1.86. The Kier molecular flexibility index (Phi) is 6.38. The van der Waals surface area contributed by atoms with Crippen LogP contribution in [-0.4, -0.2) is 25.8 Å². The molecule has 0 aliphatic carbocycles. The minimum atomic E-state index is -1.52. The second-order valence-corrected chi connectivity index (χ2v) is 11.0. The number of benzene rings is 1. The van der Waals surface area contributed by atoms with Gasteiger partial charge in [0.1, 0.15) is 13.9 Å². The molecule has 21 heavy (non-hydrogen) atoms. The molecule has 0 aliphatic rings. The fraction of sp³-hybridized carbons (Fsp3) is 0.412.